The Morgan fingerprint density at radius 3 is 2.53 bits per heavy atom. The fourth-order valence-corrected chi connectivity index (χ4v) is 1.57. The van der Waals surface area contributed by atoms with E-state index in [1.807, 2.05) is 12.1 Å². The van der Waals surface area contributed by atoms with Gasteiger partial charge in [0.15, 0.2) is 5.78 Å². The summed E-state index contributed by atoms with van der Waals surface area (Å²) in [7, 11) is 0. The Bertz CT molecular complexity index is 354. The summed E-state index contributed by atoms with van der Waals surface area (Å²) in [5, 5.41) is 0. The van der Waals surface area contributed by atoms with Crippen molar-refractivity contribution in [1.82, 2.24) is 0 Å². The number of carbonyl (C=O) groups is 1. The zero-order valence-corrected chi connectivity index (χ0v) is 9.83. The Kier molecular flexibility index (Phi) is 3.89. The van der Waals surface area contributed by atoms with Crippen molar-refractivity contribution < 1.29 is 9.53 Å². The van der Waals surface area contributed by atoms with Gasteiger partial charge in [0, 0.05) is 0 Å². The van der Waals surface area contributed by atoms with E-state index in [1.165, 1.54) is 18.1 Å². The molecule has 0 N–H and O–H groups in total. The normalized spacial score (nSPS) is 10.5. The van der Waals surface area contributed by atoms with Gasteiger partial charge in [0.1, 0.15) is 12.4 Å². The van der Waals surface area contributed by atoms with Crippen LogP contribution in [-0.2, 0) is 4.79 Å². The highest BCUT2D eigenvalue weighted by Crippen LogP contribution is 2.23. The molecule has 0 aliphatic heterocycles. The zero-order chi connectivity index (χ0) is 11.4. The Morgan fingerprint density at radius 1 is 1.40 bits per heavy atom. The molecular formula is C13H18O2. The Balaban J connectivity index is 2.77. The molecule has 1 aromatic rings. The number of rotatable bonds is 4. The second-order valence-corrected chi connectivity index (χ2v) is 4.16. The molecule has 0 spiro atoms. The van der Waals surface area contributed by atoms with Crippen molar-refractivity contribution >= 4 is 5.78 Å². The van der Waals surface area contributed by atoms with Crippen LogP contribution in [0.15, 0.2) is 18.2 Å². The van der Waals surface area contributed by atoms with Gasteiger partial charge in [-0.1, -0.05) is 19.9 Å². The molecule has 0 bridgehead atoms. The molecule has 0 radical (unpaired) electrons. The molecule has 1 aromatic carbocycles. The summed E-state index contributed by atoms with van der Waals surface area (Å²) >= 11 is 0. The number of carbonyl (C=O) groups excluding carboxylic acids is 1. The molecule has 0 aliphatic carbocycles. The molecule has 0 saturated heterocycles. The third kappa shape index (κ3) is 3.39. The minimum absolute atomic E-state index is 0.0422. The lowest BCUT2D eigenvalue weighted by atomic mass is 9.98. The van der Waals surface area contributed by atoms with E-state index in [2.05, 4.69) is 26.8 Å². The van der Waals surface area contributed by atoms with E-state index in [9.17, 15) is 4.79 Å². The minimum atomic E-state index is 0.0422. The largest absolute Gasteiger partial charge is 0.486 e. The van der Waals surface area contributed by atoms with E-state index in [0.29, 0.717) is 5.92 Å². The first kappa shape index (κ1) is 11.8. The molecule has 0 heterocycles. The van der Waals surface area contributed by atoms with E-state index >= 15 is 0 Å². The first-order chi connectivity index (χ1) is 7.00. The predicted octanol–water partition coefficient (Wildman–Crippen LogP) is 3.09. The van der Waals surface area contributed by atoms with Crippen molar-refractivity contribution in [2.24, 2.45) is 0 Å². The summed E-state index contributed by atoms with van der Waals surface area (Å²) in [6.45, 7) is 8.07. The van der Waals surface area contributed by atoms with Crippen LogP contribution >= 0.6 is 0 Å². The maximum atomic E-state index is 10.8. The van der Waals surface area contributed by atoms with E-state index in [1.54, 1.807) is 0 Å². The van der Waals surface area contributed by atoms with E-state index in [4.69, 9.17) is 4.74 Å². The van der Waals surface area contributed by atoms with Crippen molar-refractivity contribution in [3.63, 3.8) is 0 Å². The first-order valence-electron chi connectivity index (χ1n) is 5.23. The van der Waals surface area contributed by atoms with Gasteiger partial charge in [0.2, 0.25) is 0 Å². The van der Waals surface area contributed by atoms with Crippen LogP contribution in [0.5, 0.6) is 5.75 Å². The number of hydrogen-bond donors (Lipinski definition) is 0. The van der Waals surface area contributed by atoms with Crippen LogP contribution in [0, 0.1) is 6.92 Å². The zero-order valence-electron chi connectivity index (χ0n) is 9.83. The van der Waals surface area contributed by atoms with Gasteiger partial charge in [-0.25, -0.2) is 0 Å². The van der Waals surface area contributed by atoms with Crippen LogP contribution in [0.4, 0.5) is 0 Å². The highest BCUT2D eigenvalue weighted by molar-refractivity contribution is 5.77. The second kappa shape index (κ2) is 4.96. The van der Waals surface area contributed by atoms with E-state index in [-0.39, 0.29) is 12.4 Å². The molecule has 2 heteroatoms. The lowest BCUT2D eigenvalue weighted by Crippen LogP contribution is -2.06. The van der Waals surface area contributed by atoms with Crippen molar-refractivity contribution in [1.29, 1.82) is 0 Å². The minimum Gasteiger partial charge on any atom is -0.486 e. The maximum absolute atomic E-state index is 10.8. The second-order valence-electron chi connectivity index (χ2n) is 4.16. The number of ether oxygens (including phenoxy) is 1. The molecule has 0 aromatic heterocycles. The van der Waals surface area contributed by atoms with Crippen molar-refractivity contribution in [3.8, 4) is 5.75 Å². The Morgan fingerprint density at radius 2 is 2.07 bits per heavy atom. The highest BCUT2D eigenvalue weighted by atomic mass is 16.5. The van der Waals surface area contributed by atoms with Gasteiger partial charge in [-0.3, -0.25) is 4.79 Å². The molecule has 2 nitrogen and oxygen atoms in total. The molecular weight excluding hydrogens is 188 g/mol. The predicted molar refractivity (Wildman–Crippen MR) is 61.4 cm³/mol. The van der Waals surface area contributed by atoms with Crippen molar-refractivity contribution in [3.05, 3.63) is 29.3 Å². The lowest BCUT2D eigenvalue weighted by molar-refractivity contribution is -0.118. The molecule has 1 rings (SSSR count). The average molecular weight is 206 g/mol. The van der Waals surface area contributed by atoms with E-state index in [0.717, 1.165) is 5.75 Å². The standard InChI is InChI=1S/C13H18O2/c1-9(2)13-6-5-12(7-10(13)3)15-8-11(4)14/h5-7,9H,8H2,1-4H3. The summed E-state index contributed by atoms with van der Waals surface area (Å²) in [5.74, 6) is 1.33. The quantitative estimate of drug-likeness (QED) is 0.756. The summed E-state index contributed by atoms with van der Waals surface area (Å²) in [5.41, 5.74) is 2.54. The third-order valence-corrected chi connectivity index (χ3v) is 2.31. The maximum Gasteiger partial charge on any atom is 0.167 e. The summed E-state index contributed by atoms with van der Waals surface area (Å²) < 4.78 is 5.33. The fraction of sp³-hybridized carbons (Fsp3) is 0.462. The summed E-state index contributed by atoms with van der Waals surface area (Å²) in [4.78, 5) is 10.8. The highest BCUT2D eigenvalue weighted by Gasteiger charge is 2.04. The van der Waals surface area contributed by atoms with Crippen LogP contribution in [0.1, 0.15) is 37.8 Å². The van der Waals surface area contributed by atoms with Gasteiger partial charge < -0.3 is 4.74 Å². The van der Waals surface area contributed by atoms with Crippen LogP contribution < -0.4 is 4.74 Å². The number of hydrogen-bond acceptors (Lipinski definition) is 2. The molecule has 15 heavy (non-hydrogen) atoms. The molecule has 0 aliphatic rings. The van der Waals surface area contributed by atoms with Gasteiger partial charge >= 0.3 is 0 Å². The number of benzene rings is 1. The van der Waals surface area contributed by atoms with Crippen molar-refractivity contribution in [2.75, 3.05) is 6.61 Å². The van der Waals surface area contributed by atoms with Crippen LogP contribution in [0.3, 0.4) is 0 Å². The molecule has 0 fully saturated rings. The topological polar surface area (TPSA) is 26.3 Å². The van der Waals surface area contributed by atoms with Gasteiger partial charge in [0.25, 0.3) is 0 Å². The van der Waals surface area contributed by atoms with Crippen LogP contribution in [-0.4, -0.2) is 12.4 Å². The number of aryl methyl sites for hydroxylation is 1. The molecule has 82 valence electrons. The summed E-state index contributed by atoms with van der Waals surface area (Å²) in [6.07, 6.45) is 0. The van der Waals surface area contributed by atoms with Gasteiger partial charge in [0.05, 0.1) is 0 Å². The fourth-order valence-electron chi connectivity index (χ4n) is 1.57. The molecule has 0 saturated carbocycles. The van der Waals surface area contributed by atoms with Gasteiger partial charge in [-0.2, -0.15) is 0 Å². The number of Topliss-reactive ketones (excluding diaryl/α,β-unsaturated/α-hetero) is 1. The summed E-state index contributed by atoms with van der Waals surface area (Å²) in [6, 6.07) is 5.97. The van der Waals surface area contributed by atoms with Crippen LogP contribution in [0.25, 0.3) is 0 Å². The Hall–Kier alpha value is -1.31. The smallest absolute Gasteiger partial charge is 0.167 e. The molecule has 0 atom stereocenters. The molecule has 0 amide bonds. The monoisotopic (exact) mass is 206 g/mol. The van der Waals surface area contributed by atoms with Crippen LogP contribution in [0.2, 0.25) is 0 Å². The van der Waals surface area contributed by atoms with E-state index < -0.39 is 0 Å². The molecule has 0 unspecified atom stereocenters. The Labute approximate surface area is 91.3 Å². The van der Waals surface area contributed by atoms with Gasteiger partial charge in [-0.05, 0) is 43.0 Å². The SMILES string of the molecule is CC(=O)COc1ccc(C(C)C)c(C)c1. The third-order valence-electron chi connectivity index (χ3n) is 2.31. The van der Waals surface area contributed by atoms with Crippen molar-refractivity contribution in [2.45, 2.75) is 33.6 Å². The lowest BCUT2D eigenvalue weighted by Gasteiger charge is -2.11. The average Bonchev–Trinajstić information content (AvgIpc) is 2.14. The van der Waals surface area contributed by atoms with Gasteiger partial charge in [-0.15, -0.1) is 0 Å². The number of ketones is 1. The first-order valence-corrected chi connectivity index (χ1v) is 5.23.